The molecule has 0 amide bonds. The molecule has 17 heavy (non-hydrogen) atoms. The van der Waals surface area contributed by atoms with E-state index in [1.165, 1.54) is 57.8 Å². The zero-order valence-electron chi connectivity index (χ0n) is 13.5. The third kappa shape index (κ3) is 13.9. The third-order valence-corrected chi connectivity index (χ3v) is 3.67. The first kappa shape index (κ1) is 19.3. The lowest BCUT2D eigenvalue weighted by molar-refractivity contribution is 0.284. The summed E-state index contributed by atoms with van der Waals surface area (Å²) in [7, 11) is 0. The van der Waals surface area contributed by atoms with Gasteiger partial charge in [-0.05, 0) is 11.8 Å². The molecule has 106 valence electrons. The van der Waals surface area contributed by atoms with E-state index in [0.717, 1.165) is 11.8 Å². The fourth-order valence-corrected chi connectivity index (χ4v) is 2.24. The lowest BCUT2D eigenvalue weighted by Crippen LogP contribution is -2.10. The van der Waals surface area contributed by atoms with Crippen LogP contribution in [0.15, 0.2) is 0 Å². The number of rotatable bonds is 4. The summed E-state index contributed by atoms with van der Waals surface area (Å²) in [6.45, 7) is 13.2. The van der Waals surface area contributed by atoms with Crippen molar-refractivity contribution in [3.63, 3.8) is 0 Å². The molecular formula is C17H38. The maximum atomic E-state index is 2.38. The van der Waals surface area contributed by atoms with Crippen LogP contribution >= 0.6 is 0 Å². The van der Waals surface area contributed by atoms with Crippen LogP contribution in [0.25, 0.3) is 0 Å². The van der Waals surface area contributed by atoms with Gasteiger partial charge in [0, 0.05) is 0 Å². The molecule has 0 aromatic carbocycles. The molecule has 1 rings (SSSR count). The molecular weight excluding hydrogens is 204 g/mol. The van der Waals surface area contributed by atoms with Crippen LogP contribution < -0.4 is 0 Å². The van der Waals surface area contributed by atoms with E-state index in [0.29, 0.717) is 0 Å². The molecule has 0 heterocycles. The van der Waals surface area contributed by atoms with Crippen LogP contribution in [0.3, 0.4) is 0 Å². The predicted octanol–water partition coefficient (Wildman–Crippen LogP) is 6.84. The van der Waals surface area contributed by atoms with Crippen LogP contribution in [0.5, 0.6) is 0 Å². The van der Waals surface area contributed by atoms with E-state index in [1.54, 1.807) is 0 Å². The van der Waals surface area contributed by atoms with Gasteiger partial charge < -0.3 is 0 Å². The van der Waals surface area contributed by atoms with Gasteiger partial charge in [0.05, 0.1) is 0 Å². The van der Waals surface area contributed by atoms with Gasteiger partial charge in [0.15, 0.2) is 0 Å². The minimum absolute atomic E-state index is 1.02. The molecule has 0 saturated heterocycles. The largest absolute Gasteiger partial charge is 0.0683 e. The van der Waals surface area contributed by atoms with Gasteiger partial charge in [-0.2, -0.15) is 0 Å². The van der Waals surface area contributed by atoms with Gasteiger partial charge in [-0.15, -0.1) is 0 Å². The lowest BCUT2D eigenvalue weighted by Gasteiger charge is -2.24. The summed E-state index contributed by atoms with van der Waals surface area (Å²) in [5.41, 5.74) is 0. The summed E-state index contributed by atoms with van der Waals surface area (Å²) in [5, 5.41) is 0. The normalized spacial score (nSPS) is 22.9. The molecule has 0 aliphatic heterocycles. The van der Waals surface area contributed by atoms with Crippen LogP contribution in [0, 0.1) is 11.8 Å². The molecule has 0 unspecified atom stereocenters. The Morgan fingerprint density at radius 1 is 0.765 bits per heavy atom. The lowest BCUT2D eigenvalue weighted by atomic mass is 9.82. The Bertz CT molecular complexity index is 105. The molecule has 1 aliphatic carbocycles. The quantitative estimate of drug-likeness (QED) is 0.474. The van der Waals surface area contributed by atoms with Gasteiger partial charge in [0.2, 0.25) is 0 Å². The van der Waals surface area contributed by atoms with Crippen molar-refractivity contribution in [2.24, 2.45) is 11.8 Å². The number of hydrogen-bond acceptors (Lipinski definition) is 0. The Hall–Kier alpha value is 0. The minimum atomic E-state index is 1.02. The van der Waals surface area contributed by atoms with E-state index >= 15 is 0 Å². The molecule has 0 atom stereocenters. The average Bonchev–Trinajstić information content (AvgIpc) is 2.40. The first-order chi connectivity index (χ1) is 8.24. The highest BCUT2D eigenvalue weighted by molar-refractivity contribution is 4.68. The fraction of sp³-hybridized carbons (Fsp3) is 1.00. The summed E-state index contributed by atoms with van der Waals surface area (Å²) in [6, 6.07) is 0. The smallest absolute Gasteiger partial charge is 0.0417 e. The van der Waals surface area contributed by atoms with Gasteiger partial charge in [-0.1, -0.05) is 99.3 Å². The second-order valence-corrected chi connectivity index (χ2v) is 5.24. The van der Waals surface area contributed by atoms with E-state index in [9.17, 15) is 0 Å². The van der Waals surface area contributed by atoms with Crippen LogP contribution in [0.4, 0.5) is 0 Å². The molecule has 0 spiro atoms. The summed E-state index contributed by atoms with van der Waals surface area (Å²) >= 11 is 0. The molecule has 0 aromatic heterocycles. The molecule has 0 aromatic rings. The minimum Gasteiger partial charge on any atom is -0.0683 e. The summed E-state index contributed by atoms with van der Waals surface area (Å²) in [5.74, 6) is 2.09. The van der Waals surface area contributed by atoms with Crippen molar-refractivity contribution in [3.05, 3.63) is 0 Å². The molecule has 0 radical (unpaired) electrons. The fourth-order valence-electron chi connectivity index (χ4n) is 2.24. The van der Waals surface area contributed by atoms with Crippen molar-refractivity contribution in [1.29, 1.82) is 0 Å². The predicted molar refractivity (Wildman–Crippen MR) is 82.6 cm³/mol. The summed E-state index contributed by atoms with van der Waals surface area (Å²) in [6.07, 6.45) is 12.9. The van der Waals surface area contributed by atoms with Crippen LogP contribution in [0.1, 0.15) is 99.3 Å². The van der Waals surface area contributed by atoms with Gasteiger partial charge in [-0.25, -0.2) is 0 Å². The zero-order valence-corrected chi connectivity index (χ0v) is 13.5. The number of unbranched alkanes of at least 4 members (excludes halogenated alkanes) is 3. The topological polar surface area (TPSA) is 0 Å². The first-order valence-corrected chi connectivity index (χ1v) is 8.24. The molecule has 1 saturated carbocycles. The van der Waals surface area contributed by atoms with Gasteiger partial charge in [0.1, 0.15) is 0 Å². The van der Waals surface area contributed by atoms with E-state index in [-0.39, 0.29) is 0 Å². The molecule has 0 N–H and O–H groups in total. The van der Waals surface area contributed by atoms with Gasteiger partial charge in [0.25, 0.3) is 0 Å². The van der Waals surface area contributed by atoms with E-state index in [2.05, 4.69) is 27.7 Å². The SMILES string of the molecule is CC.CCC1CCC(C)CC1.CCCCCC. The molecule has 1 fully saturated rings. The standard InChI is InChI=1S/C9H18.C6H14.C2H6/c1-3-9-6-4-8(2)5-7-9;1-3-5-6-4-2;1-2/h8-9H,3-7H2,1-2H3;3-6H2,1-2H3;1-2H3. The van der Waals surface area contributed by atoms with Crippen molar-refractivity contribution >= 4 is 0 Å². The molecule has 0 nitrogen and oxygen atoms in total. The Balaban J connectivity index is 0. The van der Waals surface area contributed by atoms with Crippen molar-refractivity contribution in [3.8, 4) is 0 Å². The maximum absolute atomic E-state index is 2.38. The second kappa shape index (κ2) is 16.0. The summed E-state index contributed by atoms with van der Waals surface area (Å²) in [4.78, 5) is 0. The highest BCUT2D eigenvalue weighted by atomic mass is 14.2. The van der Waals surface area contributed by atoms with Crippen molar-refractivity contribution < 1.29 is 0 Å². The monoisotopic (exact) mass is 242 g/mol. The summed E-state index contributed by atoms with van der Waals surface area (Å²) < 4.78 is 0. The van der Waals surface area contributed by atoms with E-state index < -0.39 is 0 Å². The molecule has 1 aliphatic rings. The third-order valence-electron chi connectivity index (χ3n) is 3.67. The Morgan fingerprint density at radius 2 is 1.18 bits per heavy atom. The average molecular weight is 242 g/mol. The first-order valence-electron chi connectivity index (χ1n) is 8.24. The Morgan fingerprint density at radius 3 is 1.47 bits per heavy atom. The zero-order chi connectivity index (χ0) is 13.5. The highest BCUT2D eigenvalue weighted by Gasteiger charge is 2.15. The van der Waals surface area contributed by atoms with E-state index in [4.69, 9.17) is 0 Å². The van der Waals surface area contributed by atoms with Crippen LogP contribution in [-0.2, 0) is 0 Å². The molecule has 0 bridgehead atoms. The van der Waals surface area contributed by atoms with Crippen molar-refractivity contribution in [1.82, 2.24) is 0 Å². The Labute approximate surface area is 112 Å². The maximum Gasteiger partial charge on any atom is -0.0417 e. The van der Waals surface area contributed by atoms with Gasteiger partial charge in [-0.3, -0.25) is 0 Å². The van der Waals surface area contributed by atoms with Crippen LogP contribution in [0.2, 0.25) is 0 Å². The number of hydrogen-bond donors (Lipinski definition) is 0. The van der Waals surface area contributed by atoms with Crippen LogP contribution in [-0.4, -0.2) is 0 Å². The molecule has 0 heteroatoms. The second-order valence-electron chi connectivity index (χ2n) is 5.24. The Kier molecular flexibility index (Phi) is 18.2. The van der Waals surface area contributed by atoms with Gasteiger partial charge >= 0.3 is 0 Å². The van der Waals surface area contributed by atoms with Crippen molar-refractivity contribution in [2.75, 3.05) is 0 Å². The highest BCUT2D eigenvalue weighted by Crippen LogP contribution is 2.29. The van der Waals surface area contributed by atoms with E-state index in [1.807, 2.05) is 13.8 Å². The van der Waals surface area contributed by atoms with Crippen molar-refractivity contribution in [2.45, 2.75) is 99.3 Å².